The van der Waals surface area contributed by atoms with E-state index < -0.39 is 0 Å². The molecule has 3 rings (SSSR count). The van der Waals surface area contributed by atoms with Gasteiger partial charge in [0.2, 0.25) is 0 Å². The van der Waals surface area contributed by atoms with Crippen molar-refractivity contribution in [2.45, 2.75) is 25.3 Å². The van der Waals surface area contributed by atoms with Crippen LogP contribution in [0.3, 0.4) is 0 Å². The van der Waals surface area contributed by atoms with Crippen molar-refractivity contribution >= 4 is 0 Å². The number of phenolic OH excluding ortho intramolecular Hbond substituents is 1. The third-order valence-electron chi connectivity index (χ3n) is 4.71. The van der Waals surface area contributed by atoms with Crippen LogP contribution in [0.15, 0.2) is 12.1 Å². The Morgan fingerprint density at radius 2 is 1.77 bits per heavy atom. The largest absolute Gasteiger partial charge is 0.508 e. The van der Waals surface area contributed by atoms with Crippen molar-refractivity contribution in [3.05, 3.63) is 17.7 Å². The Morgan fingerprint density at radius 3 is 2.27 bits per heavy atom. The lowest BCUT2D eigenvalue weighted by molar-refractivity contribution is 0.154. The Kier molecular flexibility index (Phi) is 4.74. The second kappa shape index (κ2) is 6.75. The van der Waals surface area contributed by atoms with E-state index in [0.717, 1.165) is 55.6 Å². The molecule has 1 aliphatic carbocycles. The lowest BCUT2D eigenvalue weighted by Crippen LogP contribution is -2.45. The van der Waals surface area contributed by atoms with Crippen molar-refractivity contribution in [3.8, 4) is 17.2 Å². The smallest absolute Gasteiger partial charge is 0.131 e. The first-order valence-corrected chi connectivity index (χ1v) is 8.12. The minimum Gasteiger partial charge on any atom is -0.508 e. The summed E-state index contributed by atoms with van der Waals surface area (Å²) in [5, 5.41) is 13.3. The zero-order valence-corrected chi connectivity index (χ0v) is 13.5. The number of piperazine rings is 1. The molecule has 0 aromatic heterocycles. The van der Waals surface area contributed by atoms with Gasteiger partial charge in [-0.15, -0.1) is 0 Å². The topological polar surface area (TPSA) is 54.0 Å². The Balaban J connectivity index is 1.97. The van der Waals surface area contributed by atoms with E-state index in [9.17, 15) is 5.11 Å². The number of phenols is 1. The average molecular weight is 306 g/mol. The van der Waals surface area contributed by atoms with Gasteiger partial charge in [0.15, 0.2) is 0 Å². The molecule has 1 atom stereocenters. The molecule has 1 heterocycles. The van der Waals surface area contributed by atoms with Crippen LogP contribution >= 0.6 is 0 Å². The summed E-state index contributed by atoms with van der Waals surface area (Å²) < 4.78 is 11.1. The van der Waals surface area contributed by atoms with Gasteiger partial charge in [0.05, 0.1) is 19.8 Å². The van der Waals surface area contributed by atoms with Crippen LogP contribution in [0.5, 0.6) is 17.2 Å². The second-order valence-corrected chi connectivity index (χ2v) is 6.24. The van der Waals surface area contributed by atoms with Gasteiger partial charge in [-0.2, -0.15) is 0 Å². The highest BCUT2D eigenvalue weighted by Gasteiger charge is 2.34. The summed E-state index contributed by atoms with van der Waals surface area (Å²) >= 11 is 0. The Morgan fingerprint density at radius 1 is 1.18 bits per heavy atom. The molecule has 0 unspecified atom stereocenters. The van der Waals surface area contributed by atoms with Crippen LogP contribution in [0.4, 0.5) is 0 Å². The molecule has 2 N–H and O–H groups in total. The molecule has 1 aromatic carbocycles. The van der Waals surface area contributed by atoms with E-state index in [2.05, 4.69) is 10.2 Å². The number of benzene rings is 1. The molecule has 122 valence electrons. The quantitative estimate of drug-likeness (QED) is 0.843. The van der Waals surface area contributed by atoms with Crippen LogP contribution in [0, 0.1) is 5.92 Å². The Labute approximate surface area is 132 Å². The fourth-order valence-corrected chi connectivity index (χ4v) is 3.37. The van der Waals surface area contributed by atoms with E-state index in [1.54, 1.807) is 26.4 Å². The van der Waals surface area contributed by atoms with Crippen LogP contribution in [0.1, 0.15) is 30.9 Å². The van der Waals surface area contributed by atoms with E-state index in [1.807, 2.05) is 0 Å². The zero-order valence-electron chi connectivity index (χ0n) is 13.5. The van der Waals surface area contributed by atoms with Crippen molar-refractivity contribution in [2.24, 2.45) is 5.92 Å². The highest BCUT2D eigenvalue weighted by atomic mass is 16.5. The van der Waals surface area contributed by atoms with E-state index >= 15 is 0 Å². The first-order chi connectivity index (χ1) is 10.7. The number of nitrogens with zero attached hydrogens (tertiary/aromatic N) is 1. The first-order valence-electron chi connectivity index (χ1n) is 8.12. The molecular weight excluding hydrogens is 280 g/mol. The van der Waals surface area contributed by atoms with Crippen LogP contribution in [0.25, 0.3) is 0 Å². The summed E-state index contributed by atoms with van der Waals surface area (Å²) in [6.45, 7) is 4.10. The van der Waals surface area contributed by atoms with Crippen molar-refractivity contribution < 1.29 is 14.6 Å². The molecule has 22 heavy (non-hydrogen) atoms. The van der Waals surface area contributed by atoms with Gasteiger partial charge in [-0.25, -0.2) is 0 Å². The zero-order chi connectivity index (χ0) is 15.5. The fraction of sp³-hybridized carbons (Fsp3) is 0.647. The molecule has 0 amide bonds. The molecule has 5 nitrogen and oxygen atoms in total. The van der Waals surface area contributed by atoms with Crippen LogP contribution < -0.4 is 14.8 Å². The summed E-state index contributed by atoms with van der Waals surface area (Å²) in [6, 6.07) is 3.68. The summed E-state index contributed by atoms with van der Waals surface area (Å²) in [6.07, 6.45) is 3.79. The van der Waals surface area contributed by atoms with Gasteiger partial charge in [0, 0.05) is 44.4 Å². The first kappa shape index (κ1) is 15.4. The molecule has 5 heteroatoms. The third kappa shape index (κ3) is 3.31. The number of ether oxygens (including phenoxy) is 2. The summed E-state index contributed by atoms with van der Waals surface area (Å²) in [5.41, 5.74) is 1.08. The molecule has 1 aromatic rings. The van der Waals surface area contributed by atoms with Gasteiger partial charge < -0.3 is 19.9 Å². The molecule has 0 spiro atoms. The van der Waals surface area contributed by atoms with Gasteiger partial charge in [-0.1, -0.05) is 12.8 Å². The Hall–Kier alpha value is -1.46. The normalized spacial score (nSPS) is 20.6. The van der Waals surface area contributed by atoms with Crippen LogP contribution in [0.2, 0.25) is 0 Å². The van der Waals surface area contributed by atoms with E-state index in [-0.39, 0.29) is 5.75 Å². The van der Waals surface area contributed by atoms with Gasteiger partial charge >= 0.3 is 0 Å². The maximum Gasteiger partial charge on any atom is 0.131 e. The van der Waals surface area contributed by atoms with Crippen molar-refractivity contribution in [2.75, 3.05) is 40.4 Å². The molecule has 2 aliphatic rings. The number of hydrogen-bond donors (Lipinski definition) is 2. The molecule has 0 bridgehead atoms. The number of methoxy groups -OCH3 is 2. The van der Waals surface area contributed by atoms with Gasteiger partial charge in [0.1, 0.15) is 17.2 Å². The molecule has 1 saturated carbocycles. The highest BCUT2D eigenvalue weighted by Crippen LogP contribution is 2.46. The Bertz CT molecular complexity index is 486. The fourth-order valence-electron chi connectivity index (χ4n) is 3.37. The number of rotatable bonds is 6. The maximum absolute atomic E-state index is 9.88. The van der Waals surface area contributed by atoms with E-state index in [1.165, 1.54) is 12.8 Å². The lowest BCUT2D eigenvalue weighted by Gasteiger charge is -2.36. The summed E-state index contributed by atoms with van der Waals surface area (Å²) in [5.74, 6) is 2.44. The molecule has 1 saturated heterocycles. The monoisotopic (exact) mass is 306 g/mol. The van der Waals surface area contributed by atoms with Gasteiger partial charge in [-0.05, 0) is 12.3 Å². The molecular formula is C17H26N2O3. The second-order valence-electron chi connectivity index (χ2n) is 6.24. The van der Waals surface area contributed by atoms with Crippen LogP contribution in [-0.2, 0) is 0 Å². The standard InChI is InChI=1S/C17H26N2O3/c1-21-15-10-13(20)11-16(22-2)17(15)14(9-12-3-4-12)19-7-5-18-6-8-19/h10-12,14,18,20H,3-9H2,1-2H3/t14-/m1/s1. The minimum absolute atomic E-state index is 0.183. The van der Waals surface area contributed by atoms with Crippen molar-refractivity contribution in [3.63, 3.8) is 0 Å². The number of aromatic hydroxyl groups is 1. The summed E-state index contributed by atoms with van der Waals surface area (Å²) in [4.78, 5) is 2.52. The van der Waals surface area contributed by atoms with Gasteiger partial charge in [0.25, 0.3) is 0 Å². The highest BCUT2D eigenvalue weighted by molar-refractivity contribution is 5.52. The number of hydrogen-bond acceptors (Lipinski definition) is 5. The molecule has 0 radical (unpaired) electrons. The molecule has 2 fully saturated rings. The summed E-state index contributed by atoms with van der Waals surface area (Å²) in [7, 11) is 3.31. The maximum atomic E-state index is 9.88. The lowest BCUT2D eigenvalue weighted by atomic mass is 9.96. The van der Waals surface area contributed by atoms with Crippen molar-refractivity contribution in [1.82, 2.24) is 10.2 Å². The third-order valence-corrected chi connectivity index (χ3v) is 4.71. The van der Waals surface area contributed by atoms with Crippen LogP contribution in [-0.4, -0.2) is 50.4 Å². The molecule has 1 aliphatic heterocycles. The van der Waals surface area contributed by atoms with E-state index in [0.29, 0.717) is 6.04 Å². The van der Waals surface area contributed by atoms with Gasteiger partial charge in [-0.3, -0.25) is 4.90 Å². The van der Waals surface area contributed by atoms with Crippen molar-refractivity contribution in [1.29, 1.82) is 0 Å². The number of nitrogens with one attached hydrogen (secondary N) is 1. The minimum atomic E-state index is 0.183. The predicted octanol–water partition coefficient (Wildman–Crippen LogP) is 2.16. The SMILES string of the molecule is COc1cc(O)cc(OC)c1[C@@H](CC1CC1)N1CCNCC1. The predicted molar refractivity (Wildman–Crippen MR) is 85.7 cm³/mol. The van der Waals surface area contributed by atoms with E-state index in [4.69, 9.17) is 9.47 Å². The average Bonchev–Trinajstić information content (AvgIpc) is 3.37.